The maximum absolute atomic E-state index is 15.2. The molecule has 0 N–H and O–H groups in total. The van der Waals surface area contributed by atoms with Crippen LogP contribution in [0.5, 0.6) is 0 Å². The molecule has 2 nitrogen and oxygen atoms in total. The molecule has 8 aromatic rings. The zero-order valence-electron chi connectivity index (χ0n) is 24.2. The van der Waals surface area contributed by atoms with E-state index in [9.17, 15) is 0 Å². The number of rotatable bonds is 4. The molecule has 9 rings (SSSR count). The maximum atomic E-state index is 15.2. The van der Waals surface area contributed by atoms with E-state index in [2.05, 4.69) is 60.7 Å². The summed E-state index contributed by atoms with van der Waals surface area (Å²) in [5.41, 5.74) is 7.39. The van der Waals surface area contributed by atoms with Gasteiger partial charge in [0, 0.05) is 21.9 Å². The Hall–Kier alpha value is -5.51. The van der Waals surface area contributed by atoms with Crippen molar-refractivity contribution in [1.29, 1.82) is 0 Å². The average molecular weight is 595 g/mol. The van der Waals surface area contributed by atoms with Crippen LogP contribution in [0.15, 0.2) is 168 Å². The second kappa shape index (κ2) is 9.75. The van der Waals surface area contributed by atoms with Gasteiger partial charge in [-0.1, -0.05) is 158 Å². The molecule has 0 saturated heterocycles. The van der Waals surface area contributed by atoms with E-state index in [1.54, 1.807) is 0 Å². The van der Waals surface area contributed by atoms with Gasteiger partial charge in [-0.25, -0.2) is 8.42 Å². The molecule has 8 aromatic carbocycles. The molecule has 3 heteroatoms. The summed E-state index contributed by atoms with van der Waals surface area (Å²) in [4.78, 5) is 0.803. The Kier molecular flexibility index (Phi) is 5.62. The van der Waals surface area contributed by atoms with E-state index in [4.69, 9.17) is 0 Å². The molecule has 0 fully saturated rings. The SMILES string of the molecule is O=S1(=O)c2c(-c3ccccc3-c3ccccc3)ccc3c4ccccc4c4ccc(-c5ccccc5-c5ccccc5)c1c4c23. The molecule has 0 atom stereocenters. The molecule has 212 valence electrons. The van der Waals surface area contributed by atoms with Crippen molar-refractivity contribution in [1.82, 2.24) is 0 Å². The Labute approximate surface area is 261 Å². The van der Waals surface area contributed by atoms with Crippen LogP contribution in [0.1, 0.15) is 0 Å². The van der Waals surface area contributed by atoms with Crippen LogP contribution in [-0.4, -0.2) is 8.42 Å². The first kappa shape index (κ1) is 25.9. The van der Waals surface area contributed by atoms with Gasteiger partial charge in [0.15, 0.2) is 0 Å². The second-order valence-electron chi connectivity index (χ2n) is 11.6. The summed E-state index contributed by atoms with van der Waals surface area (Å²) >= 11 is 0. The van der Waals surface area contributed by atoms with Gasteiger partial charge in [0.05, 0.1) is 9.79 Å². The van der Waals surface area contributed by atoms with Crippen molar-refractivity contribution < 1.29 is 8.42 Å². The standard InChI is InChI=1S/C42H26O2S/c43-45(44)41-37(31-19-9-7-17-29(31)27-13-3-1-4-14-27)25-23-35-33-21-11-12-22-34(33)36-24-26-38(42(45)40(36)39(35)41)32-20-10-8-18-30(32)28-15-5-2-6-16-28/h1-26H. The number of sulfone groups is 1. The van der Waals surface area contributed by atoms with Crippen LogP contribution < -0.4 is 0 Å². The number of hydrogen-bond donors (Lipinski definition) is 0. The molecule has 1 aliphatic rings. The first-order valence-corrected chi connectivity index (χ1v) is 16.6. The zero-order chi connectivity index (χ0) is 30.1. The smallest absolute Gasteiger partial charge is 0.209 e. The lowest BCUT2D eigenvalue weighted by atomic mass is 9.88. The summed E-state index contributed by atoms with van der Waals surface area (Å²) in [6.45, 7) is 0. The molecule has 0 amide bonds. The van der Waals surface area contributed by atoms with Crippen LogP contribution in [0, 0.1) is 0 Å². The zero-order valence-corrected chi connectivity index (χ0v) is 25.1. The van der Waals surface area contributed by atoms with Crippen molar-refractivity contribution in [2.24, 2.45) is 0 Å². The Balaban J connectivity index is 1.43. The number of hydrogen-bond acceptors (Lipinski definition) is 2. The second-order valence-corrected chi connectivity index (χ2v) is 13.4. The van der Waals surface area contributed by atoms with Crippen molar-refractivity contribution in [3.8, 4) is 44.5 Å². The molecule has 0 aromatic heterocycles. The Morgan fingerprint density at radius 3 is 1.07 bits per heavy atom. The number of fused-ring (bicyclic) bond motifs is 3. The Bertz CT molecular complexity index is 2410. The molecule has 0 unspecified atom stereocenters. The molecule has 1 aliphatic heterocycles. The topological polar surface area (TPSA) is 34.1 Å². The molecule has 0 aliphatic carbocycles. The summed E-state index contributed by atoms with van der Waals surface area (Å²) in [7, 11) is -3.94. The van der Waals surface area contributed by atoms with Crippen LogP contribution in [0.25, 0.3) is 76.8 Å². The summed E-state index contributed by atoms with van der Waals surface area (Å²) in [6.07, 6.45) is 0. The first-order chi connectivity index (χ1) is 22.1. The van der Waals surface area contributed by atoms with Gasteiger partial charge in [-0.3, -0.25) is 0 Å². The predicted octanol–water partition coefficient (Wildman–Crippen LogP) is 11.0. The Morgan fingerprint density at radius 1 is 0.289 bits per heavy atom. The third-order valence-electron chi connectivity index (χ3n) is 9.21. The molecule has 45 heavy (non-hydrogen) atoms. The fourth-order valence-electron chi connectivity index (χ4n) is 7.32. The highest BCUT2D eigenvalue weighted by Gasteiger charge is 2.38. The Morgan fingerprint density at radius 2 is 0.644 bits per heavy atom. The highest BCUT2D eigenvalue weighted by molar-refractivity contribution is 7.92. The summed E-state index contributed by atoms with van der Waals surface area (Å²) in [6, 6.07) is 53.2. The van der Waals surface area contributed by atoms with E-state index >= 15 is 8.42 Å². The van der Waals surface area contributed by atoms with E-state index < -0.39 is 9.84 Å². The van der Waals surface area contributed by atoms with Crippen LogP contribution >= 0.6 is 0 Å². The quantitative estimate of drug-likeness (QED) is 0.190. The van der Waals surface area contributed by atoms with Gasteiger partial charge in [0.2, 0.25) is 9.84 Å². The van der Waals surface area contributed by atoms with Crippen LogP contribution in [0.4, 0.5) is 0 Å². The molecule has 0 spiro atoms. The summed E-state index contributed by atoms with van der Waals surface area (Å²) in [5.74, 6) is 0. The monoisotopic (exact) mass is 594 g/mol. The molecule has 1 heterocycles. The minimum Gasteiger partial charge on any atom is -0.218 e. The average Bonchev–Trinajstić information content (AvgIpc) is 3.36. The third kappa shape index (κ3) is 3.71. The lowest BCUT2D eigenvalue weighted by Crippen LogP contribution is -2.03. The van der Waals surface area contributed by atoms with E-state index in [0.717, 1.165) is 76.8 Å². The molecule has 0 bridgehead atoms. The van der Waals surface area contributed by atoms with Crippen LogP contribution in [0.2, 0.25) is 0 Å². The van der Waals surface area contributed by atoms with E-state index in [0.29, 0.717) is 9.79 Å². The van der Waals surface area contributed by atoms with Crippen LogP contribution in [0.3, 0.4) is 0 Å². The van der Waals surface area contributed by atoms with Gasteiger partial charge in [0.1, 0.15) is 0 Å². The maximum Gasteiger partial charge on any atom is 0.209 e. The number of benzene rings is 8. The van der Waals surface area contributed by atoms with Gasteiger partial charge in [0.25, 0.3) is 0 Å². The summed E-state index contributed by atoms with van der Waals surface area (Å²) in [5, 5.41) is 5.68. The minimum atomic E-state index is -3.94. The van der Waals surface area contributed by atoms with Gasteiger partial charge in [-0.2, -0.15) is 0 Å². The van der Waals surface area contributed by atoms with Crippen molar-refractivity contribution in [2.75, 3.05) is 0 Å². The van der Waals surface area contributed by atoms with Gasteiger partial charge >= 0.3 is 0 Å². The highest BCUT2D eigenvalue weighted by atomic mass is 32.2. The molecular formula is C42H26O2S. The highest BCUT2D eigenvalue weighted by Crippen LogP contribution is 2.54. The largest absolute Gasteiger partial charge is 0.218 e. The first-order valence-electron chi connectivity index (χ1n) is 15.1. The minimum absolute atomic E-state index is 0.402. The van der Waals surface area contributed by atoms with Gasteiger partial charge in [-0.15, -0.1) is 0 Å². The third-order valence-corrected chi connectivity index (χ3v) is 11.1. The van der Waals surface area contributed by atoms with Crippen molar-refractivity contribution in [3.05, 3.63) is 158 Å². The lowest BCUT2D eigenvalue weighted by Gasteiger charge is -2.15. The lowest BCUT2D eigenvalue weighted by molar-refractivity contribution is 0.599. The van der Waals surface area contributed by atoms with Gasteiger partial charge in [-0.05, 0) is 54.9 Å². The fraction of sp³-hybridized carbons (Fsp3) is 0. The molecule has 0 saturated carbocycles. The van der Waals surface area contributed by atoms with Crippen molar-refractivity contribution in [3.63, 3.8) is 0 Å². The normalized spacial score (nSPS) is 13.2. The van der Waals surface area contributed by atoms with E-state index in [1.165, 1.54) is 0 Å². The van der Waals surface area contributed by atoms with E-state index in [1.807, 2.05) is 97.1 Å². The van der Waals surface area contributed by atoms with Crippen molar-refractivity contribution >= 4 is 42.2 Å². The van der Waals surface area contributed by atoms with E-state index in [-0.39, 0.29) is 0 Å². The molecular weight excluding hydrogens is 569 g/mol. The van der Waals surface area contributed by atoms with Gasteiger partial charge < -0.3 is 0 Å². The molecule has 0 radical (unpaired) electrons. The van der Waals surface area contributed by atoms with Crippen molar-refractivity contribution in [2.45, 2.75) is 9.79 Å². The summed E-state index contributed by atoms with van der Waals surface area (Å²) < 4.78 is 30.5. The predicted molar refractivity (Wildman–Crippen MR) is 186 cm³/mol. The van der Waals surface area contributed by atoms with Crippen LogP contribution in [-0.2, 0) is 9.84 Å². The fourth-order valence-corrected chi connectivity index (χ4v) is 9.42.